The van der Waals surface area contributed by atoms with Gasteiger partial charge < -0.3 is 15.0 Å². The number of nitrogens with one attached hydrogen (secondary N) is 1. The van der Waals surface area contributed by atoms with Crippen molar-refractivity contribution in [2.24, 2.45) is 0 Å². The van der Waals surface area contributed by atoms with Gasteiger partial charge in [-0.2, -0.15) is 4.31 Å². The third-order valence-corrected chi connectivity index (χ3v) is 8.67. The number of ether oxygens (including phenoxy) is 1. The van der Waals surface area contributed by atoms with Gasteiger partial charge in [-0.3, -0.25) is 4.98 Å². The topological polar surface area (TPSA) is 91.8 Å². The molecule has 158 valence electrons. The molecule has 3 aliphatic rings. The number of benzene rings is 1. The fourth-order valence-electron chi connectivity index (χ4n) is 4.69. The van der Waals surface area contributed by atoms with Crippen molar-refractivity contribution in [2.45, 2.75) is 29.9 Å². The molecule has 0 aliphatic carbocycles. The van der Waals surface area contributed by atoms with Gasteiger partial charge in [-0.25, -0.2) is 13.2 Å². The fraction of sp³-hybridized carbons (Fsp3) is 0.400. The molecule has 3 aliphatic heterocycles. The maximum absolute atomic E-state index is 13.2. The van der Waals surface area contributed by atoms with Crippen LogP contribution in [0.15, 0.2) is 48.8 Å². The Morgan fingerprint density at radius 3 is 2.77 bits per heavy atom. The third-order valence-electron chi connectivity index (χ3n) is 6.02. The van der Waals surface area contributed by atoms with E-state index in [1.807, 2.05) is 0 Å². The second kappa shape index (κ2) is 7.19. The average Bonchev–Trinajstić information content (AvgIpc) is 3.09. The van der Waals surface area contributed by atoms with Gasteiger partial charge >= 0.3 is 6.03 Å². The number of carbonyl (C=O) groups is 1. The molecule has 3 fully saturated rings. The molecule has 2 aromatic rings. The van der Waals surface area contributed by atoms with Crippen LogP contribution in [0.5, 0.6) is 0 Å². The minimum atomic E-state index is -3.53. The number of likely N-dealkylation sites (tertiary alicyclic amines) is 1. The number of amides is 2. The summed E-state index contributed by atoms with van der Waals surface area (Å²) in [6.07, 6.45) is 3.39. The molecule has 8 nitrogen and oxygen atoms in total. The molecule has 1 N–H and O–H groups in total. The van der Waals surface area contributed by atoms with Crippen molar-refractivity contribution < 1.29 is 17.9 Å². The summed E-state index contributed by atoms with van der Waals surface area (Å²) >= 11 is 6.15. The van der Waals surface area contributed by atoms with Crippen LogP contribution in [0.2, 0.25) is 5.02 Å². The predicted molar refractivity (Wildman–Crippen MR) is 112 cm³/mol. The summed E-state index contributed by atoms with van der Waals surface area (Å²) in [6, 6.07) is 10.3. The first kappa shape index (κ1) is 19.7. The van der Waals surface area contributed by atoms with Gasteiger partial charge in [-0.15, -0.1) is 0 Å². The maximum atomic E-state index is 13.2. The van der Waals surface area contributed by atoms with Crippen molar-refractivity contribution >= 4 is 33.3 Å². The van der Waals surface area contributed by atoms with E-state index in [4.69, 9.17) is 16.3 Å². The highest BCUT2D eigenvalue weighted by molar-refractivity contribution is 7.90. The van der Waals surface area contributed by atoms with Gasteiger partial charge in [0.1, 0.15) is 10.9 Å². The predicted octanol–water partition coefficient (Wildman–Crippen LogP) is 2.32. The average molecular weight is 449 g/mol. The zero-order valence-corrected chi connectivity index (χ0v) is 17.6. The van der Waals surface area contributed by atoms with Gasteiger partial charge in [0, 0.05) is 32.0 Å². The molecule has 3 atom stereocenters. The smallest absolute Gasteiger partial charge is 0.322 e. The lowest BCUT2D eigenvalue weighted by atomic mass is 9.99. The molecular weight excluding hydrogens is 428 g/mol. The molecule has 4 heterocycles. The summed E-state index contributed by atoms with van der Waals surface area (Å²) in [5.74, 6) is 0. The summed E-state index contributed by atoms with van der Waals surface area (Å²) in [6.45, 7) is 1.07. The molecule has 3 saturated heterocycles. The number of halogens is 1. The number of urea groups is 1. The van der Waals surface area contributed by atoms with Gasteiger partial charge in [0.15, 0.2) is 0 Å². The molecule has 2 bridgehead atoms. The van der Waals surface area contributed by atoms with E-state index in [2.05, 4.69) is 10.3 Å². The summed E-state index contributed by atoms with van der Waals surface area (Å²) in [4.78, 5) is 18.5. The van der Waals surface area contributed by atoms with Crippen LogP contribution in [-0.4, -0.2) is 65.2 Å². The molecule has 1 spiro atoms. The highest BCUT2D eigenvalue weighted by Crippen LogP contribution is 2.47. The van der Waals surface area contributed by atoms with Gasteiger partial charge in [0.2, 0.25) is 10.0 Å². The highest BCUT2D eigenvalue weighted by atomic mass is 35.5. The Hall–Kier alpha value is -2.20. The number of nitrogens with zero attached hydrogens (tertiary/aromatic N) is 3. The molecule has 10 heteroatoms. The van der Waals surface area contributed by atoms with E-state index in [0.717, 1.165) is 5.56 Å². The summed E-state index contributed by atoms with van der Waals surface area (Å²) in [5, 5.41) is 2.63. The number of rotatable bonds is 3. The lowest BCUT2D eigenvalue weighted by Crippen LogP contribution is -2.57. The van der Waals surface area contributed by atoms with Crippen LogP contribution in [0, 0.1) is 0 Å². The zero-order chi connectivity index (χ0) is 20.9. The first-order chi connectivity index (χ1) is 14.4. The number of anilines is 1. The van der Waals surface area contributed by atoms with Crippen LogP contribution in [0.3, 0.4) is 0 Å². The molecule has 5 rings (SSSR count). The van der Waals surface area contributed by atoms with E-state index < -0.39 is 20.9 Å². The molecule has 30 heavy (non-hydrogen) atoms. The van der Waals surface area contributed by atoms with Gasteiger partial charge in [-0.1, -0.05) is 23.7 Å². The SMILES string of the molecule is O=C(Nc1ccccc1Cl)N1C[C@@H]2C[C@@H]3[C@@](C1)(CN(Cc1ccncc1)S3(=O)=O)O2. The number of para-hydroxylation sites is 1. The van der Waals surface area contributed by atoms with Crippen LogP contribution in [0.4, 0.5) is 10.5 Å². The van der Waals surface area contributed by atoms with Crippen molar-refractivity contribution in [1.82, 2.24) is 14.2 Å². The largest absolute Gasteiger partial charge is 0.365 e. The van der Waals surface area contributed by atoms with E-state index in [1.165, 1.54) is 4.31 Å². The van der Waals surface area contributed by atoms with Gasteiger partial charge in [-0.05, 0) is 36.2 Å². The number of hydrogen-bond acceptors (Lipinski definition) is 5. The number of sulfonamides is 1. The summed E-state index contributed by atoms with van der Waals surface area (Å²) in [5.41, 5.74) is 0.480. The Balaban J connectivity index is 1.36. The van der Waals surface area contributed by atoms with E-state index in [9.17, 15) is 13.2 Å². The number of fused-ring (bicyclic) bond motifs is 1. The molecule has 1 aromatic heterocycles. The Labute approximate surface area is 179 Å². The van der Waals surface area contributed by atoms with Gasteiger partial charge in [0.05, 0.1) is 23.4 Å². The lowest BCUT2D eigenvalue weighted by Gasteiger charge is -2.39. The monoisotopic (exact) mass is 448 g/mol. The van der Waals surface area contributed by atoms with Crippen LogP contribution < -0.4 is 5.32 Å². The number of morpholine rings is 1. The first-order valence-corrected chi connectivity index (χ1v) is 11.6. The van der Waals surface area contributed by atoms with Crippen molar-refractivity contribution in [3.05, 3.63) is 59.4 Å². The Morgan fingerprint density at radius 1 is 1.23 bits per heavy atom. The first-order valence-electron chi connectivity index (χ1n) is 9.73. The minimum Gasteiger partial charge on any atom is -0.365 e. The van der Waals surface area contributed by atoms with Crippen molar-refractivity contribution in [3.63, 3.8) is 0 Å². The standard InChI is InChI=1S/C20H21ClN4O4S/c21-16-3-1-2-4-17(16)23-19(26)24-11-15-9-18-20(12-24,29-15)13-25(30(18,27)28)10-14-5-7-22-8-6-14/h1-8,15,18H,9-13H2,(H,23,26)/t15-,18+,20+/m0/s1. The number of carbonyl (C=O) groups excluding carboxylic acids is 1. The normalized spacial score (nSPS) is 29.6. The lowest BCUT2D eigenvalue weighted by molar-refractivity contribution is -0.0946. The van der Waals surface area contributed by atoms with Crippen molar-refractivity contribution in [3.8, 4) is 0 Å². The number of pyridine rings is 1. The quantitative estimate of drug-likeness (QED) is 0.778. The van der Waals surface area contributed by atoms with Crippen LogP contribution in [0.1, 0.15) is 12.0 Å². The Kier molecular flexibility index (Phi) is 4.73. The van der Waals surface area contributed by atoms with E-state index in [1.54, 1.807) is 53.7 Å². The molecule has 0 saturated carbocycles. The molecule has 0 unspecified atom stereocenters. The van der Waals surface area contributed by atoms with Crippen LogP contribution >= 0.6 is 11.6 Å². The fourth-order valence-corrected chi connectivity index (χ4v) is 7.17. The second-order valence-electron chi connectivity index (χ2n) is 7.99. The van der Waals surface area contributed by atoms with Crippen LogP contribution in [-0.2, 0) is 21.3 Å². The summed E-state index contributed by atoms with van der Waals surface area (Å²) < 4.78 is 34.1. The molecule has 2 amide bonds. The maximum Gasteiger partial charge on any atom is 0.322 e. The number of hydrogen-bond donors (Lipinski definition) is 1. The molecule has 0 radical (unpaired) electrons. The van der Waals surface area contributed by atoms with Crippen molar-refractivity contribution in [2.75, 3.05) is 25.0 Å². The second-order valence-corrected chi connectivity index (χ2v) is 10.5. The minimum absolute atomic E-state index is 0.219. The Bertz CT molecular complexity index is 1080. The number of aromatic nitrogens is 1. The van der Waals surface area contributed by atoms with Crippen molar-refractivity contribution in [1.29, 1.82) is 0 Å². The highest BCUT2D eigenvalue weighted by Gasteiger charge is 2.65. The Morgan fingerprint density at radius 2 is 2.00 bits per heavy atom. The molecule has 1 aromatic carbocycles. The summed E-state index contributed by atoms with van der Waals surface area (Å²) in [7, 11) is -3.53. The van der Waals surface area contributed by atoms with E-state index in [-0.39, 0.29) is 31.8 Å². The third kappa shape index (κ3) is 3.26. The van der Waals surface area contributed by atoms with Crippen LogP contribution in [0.25, 0.3) is 0 Å². The zero-order valence-electron chi connectivity index (χ0n) is 16.1. The molecular formula is C20H21ClN4O4S. The van der Waals surface area contributed by atoms with Gasteiger partial charge in [0.25, 0.3) is 0 Å². The van der Waals surface area contributed by atoms with E-state index >= 15 is 0 Å². The van der Waals surface area contributed by atoms with E-state index in [0.29, 0.717) is 23.7 Å².